The van der Waals surface area contributed by atoms with E-state index in [0.717, 1.165) is 36.4 Å². The first-order valence-corrected chi connectivity index (χ1v) is 10.9. The van der Waals surface area contributed by atoms with Gasteiger partial charge in [0.1, 0.15) is 0 Å². The molecule has 0 unspecified atom stereocenters. The molecular formula is C23H28N2O3S. The van der Waals surface area contributed by atoms with Crippen molar-refractivity contribution in [1.82, 2.24) is 4.90 Å². The molecule has 0 atom stereocenters. The molecule has 6 heteroatoms. The fourth-order valence-corrected chi connectivity index (χ4v) is 4.27. The molecule has 0 aliphatic carbocycles. The third-order valence-corrected chi connectivity index (χ3v) is 5.98. The summed E-state index contributed by atoms with van der Waals surface area (Å²) in [5.41, 5.74) is 4.11. The second-order valence-corrected chi connectivity index (χ2v) is 8.14. The predicted molar refractivity (Wildman–Crippen MR) is 121 cm³/mol. The van der Waals surface area contributed by atoms with Crippen molar-refractivity contribution in [1.29, 1.82) is 0 Å². The number of anilines is 1. The van der Waals surface area contributed by atoms with E-state index < -0.39 is 0 Å². The number of carbonyl (C=O) groups excluding carboxylic acids is 1. The summed E-state index contributed by atoms with van der Waals surface area (Å²) in [6, 6.07) is 11.6. The molecular weight excluding hydrogens is 384 g/mol. The van der Waals surface area contributed by atoms with Gasteiger partial charge in [0.05, 0.1) is 14.2 Å². The molecule has 0 radical (unpaired) electrons. The van der Waals surface area contributed by atoms with Crippen LogP contribution in [0.3, 0.4) is 0 Å². The number of hydrogen-bond donors (Lipinski definition) is 1. The second-order valence-electron chi connectivity index (χ2n) is 6.92. The number of carbonyl (C=O) groups is 1. The number of ether oxygens (including phenoxy) is 2. The van der Waals surface area contributed by atoms with E-state index in [4.69, 9.17) is 9.47 Å². The van der Waals surface area contributed by atoms with Crippen molar-refractivity contribution >= 4 is 29.4 Å². The number of thioether (sulfide) groups is 1. The number of nitrogens with zero attached hydrogens (tertiary/aromatic N) is 1. The normalized spacial score (nSPS) is 14.7. The molecule has 0 spiro atoms. The monoisotopic (exact) mass is 412 g/mol. The lowest BCUT2D eigenvalue weighted by atomic mass is 10.1. The average Bonchev–Trinajstić information content (AvgIpc) is 2.75. The summed E-state index contributed by atoms with van der Waals surface area (Å²) in [6.45, 7) is 5.24. The van der Waals surface area contributed by atoms with E-state index in [1.807, 2.05) is 42.1 Å². The van der Waals surface area contributed by atoms with Crippen molar-refractivity contribution in [3.05, 3.63) is 59.2 Å². The Bertz CT molecular complexity index is 876. The first-order valence-electron chi connectivity index (χ1n) is 9.70. The highest BCUT2D eigenvalue weighted by Crippen LogP contribution is 2.28. The van der Waals surface area contributed by atoms with E-state index in [1.165, 1.54) is 23.1 Å². The molecule has 1 amide bonds. The van der Waals surface area contributed by atoms with Crippen LogP contribution in [-0.4, -0.2) is 49.6 Å². The Labute approximate surface area is 177 Å². The van der Waals surface area contributed by atoms with Crippen LogP contribution in [-0.2, 0) is 11.3 Å². The maximum Gasteiger partial charge on any atom is 0.248 e. The summed E-state index contributed by atoms with van der Waals surface area (Å²) in [5.74, 6) is 3.52. The van der Waals surface area contributed by atoms with Crippen molar-refractivity contribution < 1.29 is 14.3 Å². The maximum atomic E-state index is 12.4. The van der Waals surface area contributed by atoms with E-state index >= 15 is 0 Å². The van der Waals surface area contributed by atoms with Crippen LogP contribution in [0.5, 0.6) is 11.5 Å². The molecule has 1 saturated heterocycles. The van der Waals surface area contributed by atoms with E-state index in [1.54, 1.807) is 20.3 Å². The number of hydrogen-bond acceptors (Lipinski definition) is 5. The second kappa shape index (κ2) is 10.4. The van der Waals surface area contributed by atoms with Crippen molar-refractivity contribution in [3.8, 4) is 11.5 Å². The Morgan fingerprint density at radius 3 is 2.62 bits per heavy atom. The molecule has 1 aliphatic heterocycles. The zero-order valence-electron chi connectivity index (χ0n) is 17.2. The minimum atomic E-state index is -0.158. The van der Waals surface area contributed by atoms with Gasteiger partial charge >= 0.3 is 0 Å². The van der Waals surface area contributed by atoms with Crippen LogP contribution in [0.1, 0.15) is 16.7 Å². The number of methoxy groups -OCH3 is 2. The lowest BCUT2D eigenvalue weighted by Crippen LogP contribution is -2.32. The maximum absolute atomic E-state index is 12.4. The first-order chi connectivity index (χ1) is 14.1. The van der Waals surface area contributed by atoms with Crippen LogP contribution in [0.25, 0.3) is 6.08 Å². The summed E-state index contributed by atoms with van der Waals surface area (Å²) in [7, 11) is 3.19. The zero-order valence-corrected chi connectivity index (χ0v) is 18.1. The summed E-state index contributed by atoms with van der Waals surface area (Å²) < 4.78 is 10.5. The van der Waals surface area contributed by atoms with Crippen LogP contribution in [0, 0.1) is 6.92 Å². The molecule has 1 N–H and O–H groups in total. The molecule has 29 heavy (non-hydrogen) atoms. The average molecular weight is 413 g/mol. The lowest BCUT2D eigenvalue weighted by molar-refractivity contribution is -0.111. The van der Waals surface area contributed by atoms with Crippen molar-refractivity contribution in [3.63, 3.8) is 0 Å². The minimum absolute atomic E-state index is 0.158. The number of rotatable bonds is 7. The highest BCUT2D eigenvalue weighted by Gasteiger charge is 2.13. The number of amides is 1. The minimum Gasteiger partial charge on any atom is -0.493 e. The quantitative estimate of drug-likeness (QED) is 0.691. The highest BCUT2D eigenvalue weighted by atomic mass is 32.2. The molecule has 0 bridgehead atoms. The smallest absolute Gasteiger partial charge is 0.248 e. The Hall–Kier alpha value is -2.44. The van der Waals surface area contributed by atoms with Gasteiger partial charge in [-0.2, -0.15) is 11.8 Å². The van der Waals surface area contributed by atoms with E-state index in [9.17, 15) is 4.79 Å². The fraction of sp³-hybridized carbons (Fsp3) is 0.348. The van der Waals surface area contributed by atoms with Crippen molar-refractivity contribution in [2.45, 2.75) is 13.5 Å². The van der Waals surface area contributed by atoms with Gasteiger partial charge in [-0.25, -0.2) is 0 Å². The largest absolute Gasteiger partial charge is 0.493 e. The first kappa shape index (κ1) is 21.3. The molecule has 2 aromatic carbocycles. The van der Waals surface area contributed by atoms with Crippen molar-refractivity contribution in [2.75, 3.05) is 44.1 Å². The number of nitrogens with one attached hydrogen (secondary N) is 1. The predicted octanol–water partition coefficient (Wildman–Crippen LogP) is 4.21. The SMILES string of the molecule is COc1ccc(/C=C/C(=O)Nc2cccc(CN3CCSCC3)c2C)cc1OC. The molecule has 3 rings (SSSR count). The fourth-order valence-electron chi connectivity index (χ4n) is 3.29. The standard InChI is InChI=1S/C23H28N2O3S/c1-17-19(16-25-11-13-29-14-12-25)5-4-6-20(17)24-23(26)10-8-18-7-9-21(27-2)22(15-18)28-3/h4-10,15H,11-14,16H2,1-3H3,(H,24,26)/b10-8+. The molecule has 0 saturated carbocycles. The third-order valence-electron chi connectivity index (χ3n) is 5.04. The van der Waals surface area contributed by atoms with Gasteiger partial charge in [0.15, 0.2) is 11.5 Å². The number of benzene rings is 2. The molecule has 0 aromatic heterocycles. The molecule has 1 fully saturated rings. The Balaban J connectivity index is 1.66. The Kier molecular flexibility index (Phi) is 7.61. The van der Waals surface area contributed by atoms with Crippen LogP contribution in [0.4, 0.5) is 5.69 Å². The van der Waals surface area contributed by atoms with Crippen LogP contribution in [0.2, 0.25) is 0 Å². The van der Waals surface area contributed by atoms with Gasteiger partial charge in [-0.15, -0.1) is 0 Å². The van der Waals surface area contributed by atoms with Crippen LogP contribution >= 0.6 is 11.8 Å². The van der Waals surface area contributed by atoms with Gasteiger partial charge in [0.2, 0.25) is 5.91 Å². The van der Waals surface area contributed by atoms with Gasteiger partial charge < -0.3 is 14.8 Å². The summed E-state index contributed by atoms with van der Waals surface area (Å²) in [6.07, 6.45) is 3.30. The summed E-state index contributed by atoms with van der Waals surface area (Å²) in [5, 5.41) is 3.00. The lowest BCUT2D eigenvalue weighted by Gasteiger charge is -2.27. The summed E-state index contributed by atoms with van der Waals surface area (Å²) in [4.78, 5) is 14.9. The zero-order chi connectivity index (χ0) is 20.6. The Morgan fingerprint density at radius 1 is 1.14 bits per heavy atom. The van der Waals surface area contributed by atoms with E-state index in [-0.39, 0.29) is 5.91 Å². The molecule has 5 nitrogen and oxygen atoms in total. The van der Waals surface area contributed by atoms with E-state index in [2.05, 4.69) is 23.2 Å². The third kappa shape index (κ3) is 5.78. The van der Waals surface area contributed by atoms with Gasteiger partial charge in [-0.3, -0.25) is 9.69 Å². The Morgan fingerprint density at radius 2 is 1.90 bits per heavy atom. The van der Waals surface area contributed by atoms with Crippen LogP contribution < -0.4 is 14.8 Å². The van der Waals surface area contributed by atoms with Gasteiger partial charge in [-0.05, 0) is 47.9 Å². The van der Waals surface area contributed by atoms with Gasteiger partial charge in [0, 0.05) is 42.9 Å². The van der Waals surface area contributed by atoms with E-state index in [0.29, 0.717) is 11.5 Å². The molecule has 1 heterocycles. The van der Waals surface area contributed by atoms with Crippen LogP contribution in [0.15, 0.2) is 42.5 Å². The van der Waals surface area contributed by atoms with Crippen molar-refractivity contribution in [2.24, 2.45) is 0 Å². The molecule has 2 aromatic rings. The molecule has 1 aliphatic rings. The van der Waals surface area contributed by atoms with Gasteiger partial charge in [0.25, 0.3) is 0 Å². The summed E-state index contributed by atoms with van der Waals surface area (Å²) >= 11 is 2.01. The highest BCUT2D eigenvalue weighted by molar-refractivity contribution is 7.99. The van der Waals surface area contributed by atoms with Gasteiger partial charge in [-0.1, -0.05) is 18.2 Å². The molecule has 154 valence electrons. The topological polar surface area (TPSA) is 50.8 Å².